The summed E-state index contributed by atoms with van der Waals surface area (Å²) >= 11 is 0. The Morgan fingerprint density at radius 3 is 2.07 bits per heavy atom. The van der Waals surface area contributed by atoms with Crippen molar-refractivity contribution in [3.8, 4) is 28.7 Å². The lowest BCUT2D eigenvalue weighted by Crippen LogP contribution is -2.51. The number of rotatable bonds is 7. The first kappa shape index (κ1) is 27.4. The van der Waals surface area contributed by atoms with E-state index in [4.69, 9.17) is 4.74 Å². The third-order valence-corrected chi connectivity index (χ3v) is 9.03. The van der Waals surface area contributed by atoms with Gasteiger partial charge in [-0.2, -0.15) is 0 Å². The number of Topliss-reactive ketones (excluding diaryl/α,β-unsaturated/α-hetero) is 1. The first-order chi connectivity index (χ1) is 19.9. The Labute approximate surface area is 240 Å². The molecule has 2 atom stereocenters. The van der Waals surface area contributed by atoms with E-state index in [2.05, 4.69) is 9.80 Å². The molecule has 41 heavy (non-hydrogen) atoms. The van der Waals surface area contributed by atoms with Crippen LogP contribution >= 0.6 is 0 Å². The van der Waals surface area contributed by atoms with E-state index in [0.717, 1.165) is 50.1 Å². The molecule has 1 saturated carbocycles. The van der Waals surface area contributed by atoms with E-state index in [9.17, 15) is 25.2 Å². The second-order valence-electron chi connectivity index (χ2n) is 11.6. The fourth-order valence-electron chi connectivity index (χ4n) is 7.00. The van der Waals surface area contributed by atoms with Crippen molar-refractivity contribution in [3.63, 3.8) is 0 Å². The highest BCUT2D eigenvalue weighted by Gasteiger charge is 2.44. The van der Waals surface area contributed by atoms with Crippen molar-refractivity contribution in [2.45, 2.75) is 50.0 Å². The Morgan fingerprint density at radius 1 is 0.732 bits per heavy atom. The van der Waals surface area contributed by atoms with Crippen LogP contribution in [0.3, 0.4) is 0 Å². The zero-order chi connectivity index (χ0) is 28.5. The summed E-state index contributed by atoms with van der Waals surface area (Å²) in [7, 11) is 0. The van der Waals surface area contributed by atoms with Gasteiger partial charge in [0.1, 0.15) is 35.4 Å². The number of ketones is 1. The summed E-state index contributed by atoms with van der Waals surface area (Å²) in [5, 5.41) is 41.1. The van der Waals surface area contributed by atoms with Crippen LogP contribution < -0.4 is 4.74 Å². The third-order valence-electron chi connectivity index (χ3n) is 9.03. The van der Waals surface area contributed by atoms with Gasteiger partial charge in [-0.3, -0.25) is 14.6 Å². The molecule has 6 rings (SSSR count). The summed E-state index contributed by atoms with van der Waals surface area (Å²) in [6, 6.07) is 15.0. The second kappa shape index (κ2) is 11.6. The SMILES string of the molecule is O=C1c2cc(O)cc(O)c2C(c2ccc(OCCN3CCN(C4CCCCC4)CC3)cc2)C1c1cc(O)cc(O)c1. The number of carbonyl (C=O) groups is 1. The van der Waals surface area contributed by atoms with Gasteiger partial charge < -0.3 is 25.2 Å². The number of carbonyl (C=O) groups excluding carboxylic acids is 1. The standard InChI is InChI=1S/C33H38N2O6/c36-24-16-22(17-25(37)18-24)31-30(32-28(33(31)40)19-26(38)20-29(32)39)21-6-8-27(9-7-21)41-15-14-34-10-12-35(13-11-34)23-4-2-1-3-5-23/h6-9,16-20,23,30-31,36-39H,1-5,10-15H2. The number of hydrogen-bond donors (Lipinski definition) is 4. The van der Waals surface area contributed by atoms with Crippen LogP contribution in [0.1, 0.15) is 71.0 Å². The molecule has 0 spiro atoms. The highest BCUT2D eigenvalue weighted by Crippen LogP contribution is 2.52. The van der Waals surface area contributed by atoms with Crippen LogP contribution in [0.4, 0.5) is 0 Å². The lowest BCUT2D eigenvalue weighted by Gasteiger charge is -2.40. The van der Waals surface area contributed by atoms with E-state index >= 15 is 0 Å². The first-order valence-electron chi connectivity index (χ1n) is 14.7. The number of fused-ring (bicyclic) bond motifs is 1. The van der Waals surface area contributed by atoms with Crippen LogP contribution in [0.5, 0.6) is 28.7 Å². The number of hydrogen-bond acceptors (Lipinski definition) is 8. The largest absolute Gasteiger partial charge is 0.508 e. The quantitative estimate of drug-likeness (QED) is 0.322. The zero-order valence-electron chi connectivity index (χ0n) is 23.2. The van der Waals surface area contributed by atoms with Gasteiger partial charge in [-0.15, -0.1) is 0 Å². The molecule has 3 aromatic carbocycles. The smallest absolute Gasteiger partial charge is 0.171 e. The van der Waals surface area contributed by atoms with Crippen LogP contribution in [-0.2, 0) is 0 Å². The van der Waals surface area contributed by atoms with Crippen molar-refractivity contribution in [2.24, 2.45) is 0 Å². The maximum Gasteiger partial charge on any atom is 0.171 e. The molecule has 0 aromatic heterocycles. The molecule has 216 valence electrons. The predicted molar refractivity (Wildman–Crippen MR) is 155 cm³/mol. The van der Waals surface area contributed by atoms with Crippen molar-refractivity contribution in [3.05, 3.63) is 76.9 Å². The van der Waals surface area contributed by atoms with Crippen LogP contribution in [-0.4, -0.2) is 81.4 Å². The minimum Gasteiger partial charge on any atom is -0.508 e. The maximum absolute atomic E-state index is 13.6. The van der Waals surface area contributed by atoms with E-state index in [1.54, 1.807) is 0 Å². The molecule has 2 aliphatic carbocycles. The van der Waals surface area contributed by atoms with Gasteiger partial charge in [0, 0.05) is 67.9 Å². The molecule has 8 heteroatoms. The fraction of sp³-hybridized carbons (Fsp3) is 0.424. The second-order valence-corrected chi connectivity index (χ2v) is 11.6. The molecule has 1 heterocycles. The van der Waals surface area contributed by atoms with Gasteiger partial charge in [0.2, 0.25) is 0 Å². The number of nitrogens with zero attached hydrogens (tertiary/aromatic N) is 2. The van der Waals surface area contributed by atoms with Gasteiger partial charge in [0.25, 0.3) is 0 Å². The van der Waals surface area contributed by atoms with Gasteiger partial charge in [0.05, 0.1) is 5.92 Å². The minimum absolute atomic E-state index is 0.159. The molecule has 3 aromatic rings. The Bertz CT molecular complexity index is 1370. The van der Waals surface area contributed by atoms with Crippen LogP contribution in [0.2, 0.25) is 0 Å². The van der Waals surface area contributed by atoms with E-state index < -0.39 is 11.8 Å². The monoisotopic (exact) mass is 558 g/mol. The van der Waals surface area contributed by atoms with Gasteiger partial charge in [-0.25, -0.2) is 0 Å². The molecule has 3 aliphatic rings. The van der Waals surface area contributed by atoms with Crippen molar-refractivity contribution < 1.29 is 30.0 Å². The summed E-state index contributed by atoms with van der Waals surface area (Å²) in [4.78, 5) is 18.7. The summed E-state index contributed by atoms with van der Waals surface area (Å²) in [6.45, 7) is 5.84. The summed E-state index contributed by atoms with van der Waals surface area (Å²) in [6.07, 6.45) is 6.81. The minimum atomic E-state index is -0.797. The van der Waals surface area contributed by atoms with Crippen molar-refractivity contribution in [1.82, 2.24) is 9.80 Å². The van der Waals surface area contributed by atoms with Gasteiger partial charge in [-0.1, -0.05) is 31.4 Å². The predicted octanol–water partition coefficient (Wildman–Crippen LogP) is 4.95. The molecular formula is C33H38N2O6. The summed E-state index contributed by atoms with van der Waals surface area (Å²) in [5.41, 5.74) is 1.85. The Balaban J connectivity index is 1.14. The Morgan fingerprint density at radius 2 is 1.39 bits per heavy atom. The number of benzene rings is 3. The fourth-order valence-corrected chi connectivity index (χ4v) is 7.00. The third kappa shape index (κ3) is 5.72. The van der Waals surface area contributed by atoms with Crippen molar-refractivity contribution in [1.29, 1.82) is 0 Å². The molecule has 0 amide bonds. The summed E-state index contributed by atoms with van der Waals surface area (Å²) < 4.78 is 6.07. The molecule has 1 aliphatic heterocycles. The average Bonchev–Trinajstić information content (AvgIpc) is 3.26. The molecule has 0 radical (unpaired) electrons. The zero-order valence-corrected chi connectivity index (χ0v) is 23.2. The number of ether oxygens (including phenoxy) is 1. The Kier molecular flexibility index (Phi) is 7.77. The lowest BCUT2D eigenvalue weighted by atomic mass is 9.81. The number of phenols is 4. The number of piperazine rings is 1. The van der Waals surface area contributed by atoms with Crippen molar-refractivity contribution >= 4 is 5.78 Å². The lowest BCUT2D eigenvalue weighted by molar-refractivity contribution is 0.0718. The normalized spacial score (nSPS) is 22.1. The number of aromatic hydroxyl groups is 4. The molecule has 8 nitrogen and oxygen atoms in total. The molecule has 0 bridgehead atoms. The van der Waals surface area contributed by atoms with Crippen LogP contribution in [0.25, 0.3) is 0 Å². The van der Waals surface area contributed by atoms with E-state index in [1.807, 2.05) is 24.3 Å². The van der Waals surface area contributed by atoms with Gasteiger partial charge in [-0.05, 0) is 54.3 Å². The molecule has 2 unspecified atom stereocenters. The van der Waals surface area contributed by atoms with Gasteiger partial charge in [0.15, 0.2) is 5.78 Å². The van der Waals surface area contributed by atoms with Gasteiger partial charge >= 0.3 is 0 Å². The first-order valence-corrected chi connectivity index (χ1v) is 14.7. The summed E-state index contributed by atoms with van der Waals surface area (Å²) in [5.74, 6) is -1.64. The average molecular weight is 559 g/mol. The Hall–Kier alpha value is -3.75. The van der Waals surface area contributed by atoms with Crippen molar-refractivity contribution in [2.75, 3.05) is 39.3 Å². The molecule has 2 fully saturated rings. The van der Waals surface area contributed by atoms with E-state index in [0.29, 0.717) is 17.7 Å². The molecular weight excluding hydrogens is 520 g/mol. The van der Waals surface area contributed by atoms with E-state index in [-0.39, 0.29) is 34.3 Å². The molecule has 4 N–H and O–H groups in total. The molecule has 1 saturated heterocycles. The number of phenolic OH excluding ortho intramolecular Hbond substituents is 4. The maximum atomic E-state index is 13.6. The topological polar surface area (TPSA) is 114 Å². The van der Waals surface area contributed by atoms with Crippen LogP contribution in [0, 0.1) is 0 Å². The van der Waals surface area contributed by atoms with E-state index in [1.165, 1.54) is 62.4 Å². The highest BCUT2D eigenvalue weighted by molar-refractivity contribution is 6.08. The van der Waals surface area contributed by atoms with Crippen LogP contribution in [0.15, 0.2) is 54.6 Å². The highest BCUT2D eigenvalue weighted by atomic mass is 16.5.